The summed E-state index contributed by atoms with van der Waals surface area (Å²) in [5.41, 5.74) is 1.37. The molecule has 1 saturated carbocycles. The van der Waals surface area contributed by atoms with Crippen molar-refractivity contribution < 1.29 is 9.34 Å². The van der Waals surface area contributed by atoms with E-state index in [-0.39, 0.29) is 5.69 Å². The average molecular weight is 288 g/mol. The molecule has 1 N–H and O–H groups in total. The van der Waals surface area contributed by atoms with Crippen molar-refractivity contribution in [3.63, 3.8) is 0 Å². The summed E-state index contributed by atoms with van der Waals surface area (Å²) in [7, 11) is 0. The lowest BCUT2D eigenvalue weighted by molar-refractivity contribution is -0.385. The van der Waals surface area contributed by atoms with Crippen molar-refractivity contribution in [2.45, 2.75) is 32.2 Å². The third-order valence-corrected chi connectivity index (χ3v) is 3.46. The van der Waals surface area contributed by atoms with E-state index in [0.29, 0.717) is 35.4 Å². The van der Waals surface area contributed by atoms with E-state index in [4.69, 9.17) is 4.42 Å². The van der Waals surface area contributed by atoms with Crippen LogP contribution in [0, 0.1) is 17.0 Å². The molecule has 1 aliphatic rings. The van der Waals surface area contributed by atoms with Crippen LogP contribution in [0.3, 0.4) is 0 Å². The summed E-state index contributed by atoms with van der Waals surface area (Å²) in [4.78, 5) is 10.4. The molecule has 110 valence electrons. The van der Waals surface area contributed by atoms with Crippen LogP contribution in [-0.2, 0) is 6.42 Å². The molecule has 0 radical (unpaired) electrons. The molecule has 7 heteroatoms. The molecule has 1 aliphatic carbocycles. The predicted molar refractivity (Wildman–Crippen MR) is 75.9 cm³/mol. The fourth-order valence-electron chi connectivity index (χ4n) is 2.14. The zero-order valence-electron chi connectivity index (χ0n) is 11.7. The molecule has 1 heterocycles. The molecule has 3 rings (SSSR count). The van der Waals surface area contributed by atoms with Crippen molar-refractivity contribution in [1.82, 2.24) is 15.5 Å². The number of nitrogens with zero attached hydrogens (tertiary/aromatic N) is 3. The second-order valence-electron chi connectivity index (χ2n) is 5.24. The molecule has 7 nitrogen and oxygen atoms in total. The molecular formula is C14H16N4O3. The number of rotatable bonds is 6. The van der Waals surface area contributed by atoms with Crippen molar-refractivity contribution in [3.05, 3.63) is 39.8 Å². The van der Waals surface area contributed by atoms with Crippen molar-refractivity contribution in [3.8, 4) is 11.5 Å². The van der Waals surface area contributed by atoms with E-state index in [1.54, 1.807) is 19.1 Å². The number of hydrogen-bond acceptors (Lipinski definition) is 6. The Morgan fingerprint density at radius 1 is 1.43 bits per heavy atom. The number of nitro groups is 1. The molecule has 0 saturated heterocycles. The summed E-state index contributed by atoms with van der Waals surface area (Å²) in [6.07, 6.45) is 3.18. The monoisotopic (exact) mass is 288 g/mol. The minimum absolute atomic E-state index is 0.0899. The first kappa shape index (κ1) is 13.7. The number of aromatic nitrogens is 2. The second-order valence-corrected chi connectivity index (χ2v) is 5.24. The van der Waals surface area contributed by atoms with Crippen LogP contribution >= 0.6 is 0 Å². The first-order chi connectivity index (χ1) is 10.1. The lowest BCUT2D eigenvalue weighted by Gasteiger charge is -1.99. The molecule has 0 unspecified atom stereocenters. The summed E-state index contributed by atoms with van der Waals surface area (Å²) in [5, 5.41) is 22.2. The van der Waals surface area contributed by atoms with Crippen molar-refractivity contribution in [1.29, 1.82) is 0 Å². The van der Waals surface area contributed by atoms with Crippen LogP contribution in [-0.4, -0.2) is 27.7 Å². The molecule has 0 bridgehead atoms. The van der Waals surface area contributed by atoms with Crippen molar-refractivity contribution in [2.75, 3.05) is 6.54 Å². The lowest BCUT2D eigenvalue weighted by Crippen LogP contribution is -2.19. The van der Waals surface area contributed by atoms with E-state index >= 15 is 0 Å². The maximum Gasteiger partial charge on any atom is 0.272 e. The highest BCUT2D eigenvalue weighted by atomic mass is 16.6. The zero-order valence-corrected chi connectivity index (χ0v) is 11.7. The molecule has 0 aliphatic heterocycles. The summed E-state index contributed by atoms with van der Waals surface area (Å²) < 4.78 is 5.60. The van der Waals surface area contributed by atoms with E-state index in [2.05, 4.69) is 15.5 Å². The van der Waals surface area contributed by atoms with Crippen LogP contribution < -0.4 is 5.32 Å². The molecule has 21 heavy (non-hydrogen) atoms. The smallest absolute Gasteiger partial charge is 0.272 e. The minimum Gasteiger partial charge on any atom is -0.421 e. The molecule has 1 aromatic carbocycles. The van der Waals surface area contributed by atoms with Gasteiger partial charge in [-0.15, -0.1) is 10.2 Å². The normalized spacial score (nSPS) is 14.3. The summed E-state index contributed by atoms with van der Waals surface area (Å²) in [6.45, 7) is 2.52. The van der Waals surface area contributed by atoms with Gasteiger partial charge in [-0.3, -0.25) is 10.1 Å². The highest BCUT2D eigenvalue weighted by Gasteiger charge is 2.20. The number of nitro benzene ring substituents is 1. The maximum atomic E-state index is 10.8. The van der Waals surface area contributed by atoms with Crippen LogP contribution in [0.4, 0.5) is 5.69 Å². The first-order valence-corrected chi connectivity index (χ1v) is 6.94. The highest BCUT2D eigenvalue weighted by Crippen LogP contribution is 2.25. The number of benzene rings is 1. The first-order valence-electron chi connectivity index (χ1n) is 6.94. The Balaban J connectivity index is 1.69. The summed E-state index contributed by atoms with van der Waals surface area (Å²) in [6, 6.07) is 5.44. The number of hydrogen-bond donors (Lipinski definition) is 1. The fraction of sp³-hybridized carbons (Fsp3) is 0.429. The Hall–Kier alpha value is -2.28. The second kappa shape index (κ2) is 5.61. The summed E-state index contributed by atoms with van der Waals surface area (Å²) >= 11 is 0. The van der Waals surface area contributed by atoms with Crippen LogP contribution in [0.1, 0.15) is 24.3 Å². The fourth-order valence-corrected chi connectivity index (χ4v) is 2.14. The van der Waals surface area contributed by atoms with Gasteiger partial charge in [0.25, 0.3) is 5.69 Å². The summed E-state index contributed by atoms with van der Waals surface area (Å²) in [5.74, 6) is 0.976. The molecule has 2 aromatic rings. The third-order valence-electron chi connectivity index (χ3n) is 3.46. The topological polar surface area (TPSA) is 94.1 Å². The number of aryl methyl sites for hydroxylation is 1. The molecule has 1 aromatic heterocycles. The van der Waals surface area contributed by atoms with Gasteiger partial charge in [0.2, 0.25) is 11.8 Å². The number of nitrogens with one attached hydrogen (secondary N) is 1. The van der Waals surface area contributed by atoms with E-state index in [1.165, 1.54) is 18.9 Å². The Bertz CT molecular complexity index is 664. The van der Waals surface area contributed by atoms with Gasteiger partial charge < -0.3 is 9.73 Å². The van der Waals surface area contributed by atoms with Gasteiger partial charge in [-0.1, -0.05) is 0 Å². The highest BCUT2D eigenvalue weighted by molar-refractivity contribution is 5.58. The zero-order chi connectivity index (χ0) is 14.8. The van der Waals surface area contributed by atoms with E-state index in [1.807, 2.05) is 0 Å². The van der Waals surface area contributed by atoms with Crippen LogP contribution in [0.2, 0.25) is 0 Å². The van der Waals surface area contributed by atoms with Gasteiger partial charge in [0, 0.05) is 36.2 Å². The van der Waals surface area contributed by atoms with Gasteiger partial charge in [0.1, 0.15) is 0 Å². The molecule has 0 spiro atoms. The van der Waals surface area contributed by atoms with Gasteiger partial charge in [-0.05, 0) is 31.9 Å². The van der Waals surface area contributed by atoms with Crippen LogP contribution in [0.25, 0.3) is 11.5 Å². The maximum absolute atomic E-state index is 10.8. The molecule has 1 fully saturated rings. The minimum atomic E-state index is -0.401. The lowest BCUT2D eigenvalue weighted by atomic mass is 10.1. The van der Waals surface area contributed by atoms with Gasteiger partial charge >= 0.3 is 0 Å². The largest absolute Gasteiger partial charge is 0.421 e. The van der Waals surface area contributed by atoms with Gasteiger partial charge in [0.15, 0.2) is 0 Å². The van der Waals surface area contributed by atoms with Gasteiger partial charge in [-0.25, -0.2) is 0 Å². The quantitative estimate of drug-likeness (QED) is 0.647. The molecular weight excluding hydrogens is 272 g/mol. The van der Waals surface area contributed by atoms with Gasteiger partial charge in [0.05, 0.1) is 4.92 Å². The third kappa shape index (κ3) is 3.25. The van der Waals surface area contributed by atoms with Crippen LogP contribution in [0.5, 0.6) is 0 Å². The Morgan fingerprint density at radius 3 is 2.90 bits per heavy atom. The molecule has 0 atom stereocenters. The van der Waals surface area contributed by atoms with E-state index in [0.717, 1.165) is 6.54 Å². The van der Waals surface area contributed by atoms with E-state index < -0.39 is 4.92 Å². The Morgan fingerprint density at radius 2 is 2.24 bits per heavy atom. The Kier molecular flexibility index (Phi) is 3.66. The predicted octanol–water partition coefficient (Wildman–Crippen LogP) is 2.25. The van der Waals surface area contributed by atoms with E-state index in [9.17, 15) is 10.1 Å². The van der Waals surface area contributed by atoms with Crippen LogP contribution in [0.15, 0.2) is 22.6 Å². The Labute approximate surface area is 121 Å². The van der Waals surface area contributed by atoms with Gasteiger partial charge in [-0.2, -0.15) is 0 Å². The van der Waals surface area contributed by atoms with Crippen molar-refractivity contribution in [2.24, 2.45) is 0 Å². The SMILES string of the molecule is Cc1cc(-c2nnc(CCNC3CC3)o2)ccc1[N+](=O)[O-]. The average Bonchev–Trinajstić information content (AvgIpc) is 3.14. The van der Waals surface area contributed by atoms with Crippen molar-refractivity contribution >= 4 is 5.69 Å². The standard InChI is InChI=1S/C14H16N4O3/c1-9-8-10(2-5-12(9)18(19)20)14-17-16-13(21-14)6-7-15-11-3-4-11/h2,5,8,11,15H,3-4,6-7H2,1H3. The molecule has 0 amide bonds.